The molecular formula is C15H20FNO3S. The van der Waals surface area contributed by atoms with Crippen molar-refractivity contribution in [3.63, 3.8) is 0 Å². The number of halogens is 1. The maximum Gasteiger partial charge on any atom is 0.328 e. The zero-order valence-corrected chi connectivity index (χ0v) is 13.2. The summed E-state index contributed by atoms with van der Waals surface area (Å²) in [6.07, 6.45) is 0.737. The second-order valence-electron chi connectivity index (χ2n) is 4.67. The molecule has 0 fully saturated rings. The van der Waals surface area contributed by atoms with Crippen molar-refractivity contribution in [2.75, 3.05) is 12.9 Å². The van der Waals surface area contributed by atoms with Gasteiger partial charge in [0, 0.05) is 4.90 Å². The first-order valence-corrected chi connectivity index (χ1v) is 7.72. The predicted molar refractivity (Wildman–Crippen MR) is 80.5 cm³/mol. The minimum atomic E-state index is -0.672. The fourth-order valence-electron chi connectivity index (χ4n) is 1.72. The third-order valence-corrected chi connectivity index (χ3v) is 4.23. The van der Waals surface area contributed by atoms with E-state index in [0.29, 0.717) is 4.90 Å². The average Bonchev–Trinajstić information content (AvgIpc) is 2.50. The molecule has 1 rings (SSSR count). The SMILES string of the molecule is CC[C@H](C)[C@H](NC(=O)CSc1ccccc1F)C(=O)OC. The minimum absolute atomic E-state index is 0.0279. The third-order valence-electron chi connectivity index (χ3n) is 3.18. The van der Waals surface area contributed by atoms with Crippen LogP contribution in [0.15, 0.2) is 29.2 Å². The molecule has 0 aromatic heterocycles. The Morgan fingerprint density at radius 2 is 2.05 bits per heavy atom. The van der Waals surface area contributed by atoms with Crippen LogP contribution in [0.2, 0.25) is 0 Å². The summed E-state index contributed by atoms with van der Waals surface area (Å²) in [5.41, 5.74) is 0. The summed E-state index contributed by atoms with van der Waals surface area (Å²) in [5, 5.41) is 2.65. The van der Waals surface area contributed by atoms with Crippen LogP contribution < -0.4 is 5.32 Å². The van der Waals surface area contributed by atoms with E-state index in [2.05, 4.69) is 5.32 Å². The highest BCUT2D eigenvalue weighted by Crippen LogP contribution is 2.21. The zero-order valence-electron chi connectivity index (χ0n) is 12.4. The lowest BCUT2D eigenvalue weighted by molar-refractivity contribution is -0.146. The number of methoxy groups -OCH3 is 1. The molecule has 0 aliphatic rings. The van der Waals surface area contributed by atoms with Crippen LogP contribution in [0.1, 0.15) is 20.3 Å². The van der Waals surface area contributed by atoms with Crippen LogP contribution in [0, 0.1) is 11.7 Å². The topological polar surface area (TPSA) is 55.4 Å². The molecule has 0 bridgehead atoms. The van der Waals surface area contributed by atoms with Crippen LogP contribution in [-0.2, 0) is 14.3 Å². The molecule has 4 nitrogen and oxygen atoms in total. The molecule has 116 valence electrons. The Balaban J connectivity index is 2.58. The summed E-state index contributed by atoms with van der Waals surface area (Å²) >= 11 is 1.10. The first-order valence-electron chi connectivity index (χ1n) is 6.74. The van der Waals surface area contributed by atoms with Gasteiger partial charge in [-0.1, -0.05) is 32.4 Å². The van der Waals surface area contributed by atoms with Crippen LogP contribution in [0.5, 0.6) is 0 Å². The molecule has 0 aliphatic carbocycles. The van der Waals surface area contributed by atoms with Crippen LogP contribution >= 0.6 is 11.8 Å². The number of hydrogen-bond donors (Lipinski definition) is 1. The molecule has 0 radical (unpaired) electrons. The van der Waals surface area contributed by atoms with Gasteiger partial charge in [0.15, 0.2) is 0 Å². The lowest BCUT2D eigenvalue weighted by Crippen LogP contribution is -2.46. The number of carbonyl (C=O) groups excluding carboxylic acids is 2. The summed E-state index contributed by atoms with van der Waals surface area (Å²) in [5.74, 6) is -1.13. The van der Waals surface area contributed by atoms with E-state index in [1.165, 1.54) is 13.2 Å². The van der Waals surface area contributed by atoms with Gasteiger partial charge >= 0.3 is 5.97 Å². The summed E-state index contributed by atoms with van der Waals surface area (Å²) in [4.78, 5) is 24.0. The van der Waals surface area contributed by atoms with E-state index in [-0.39, 0.29) is 23.4 Å². The zero-order chi connectivity index (χ0) is 15.8. The van der Waals surface area contributed by atoms with Crippen LogP contribution in [-0.4, -0.2) is 30.8 Å². The number of amides is 1. The standard InChI is InChI=1S/C15H20FNO3S/c1-4-10(2)14(15(19)20-3)17-13(18)9-21-12-8-6-5-7-11(12)16/h5-8,10,14H,4,9H2,1-3H3,(H,17,18)/t10-,14-/m0/s1. The van der Waals surface area contributed by atoms with Gasteiger partial charge in [0.2, 0.25) is 5.91 Å². The van der Waals surface area contributed by atoms with E-state index in [1.807, 2.05) is 13.8 Å². The molecule has 0 saturated heterocycles. The molecule has 21 heavy (non-hydrogen) atoms. The van der Waals surface area contributed by atoms with Gasteiger partial charge in [-0.15, -0.1) is 11.8 Å². The van der Waals surface area contributed by atoms with Crippen molar-refractivity contribution in [1.82, 2.24) is 5.32 Å². The maximum absolute atomic E-state index is 13.4. The van der Waals surface area contributed by atoms with Gasteiger partial charge in [0.05, 0.1) is 12.9 Å². The summed E-state index contributed by atoms with van der Waals surface area (Å²) in [6, 6.07) is 5.58. The second-order valence-corrected chi connectivity index (χ2v) is 5.69. The van der Waals surface area contributed by atoms with Crippen LogP contribution in [0.25, 0.3) is 0 Å². The van der Waals surface area contributed by atoms with Crippen molar-refractivity contribution in [2.45, 2.75) is 31.2 Å². The van der Waals surface area contributed by atoms with Crippen molar-refractivity contribution >= 4 is 23.6 Å². The highest BCUT2D eigenvalue weighted by atomic mass is 32.2. The summed E-state index contributed by atoms with van der Waals surface area (Å²) in [6.45, 7) is 3.80. The van der Waals surface area contributed by atoms with Gasteiger partial charge in [-0.2, -0.15) is 0 Å². The second kappa shape index (κ2) is 8.67. The van der Waals surface area contributed by atoms with E-state index in [9.17, 15) is 14.0 Å². The first-order chi connectivity index (χ1) is 9.99. The number of rotatable bonds is 7. The molecule has 0 heterocycles. The van der Waals surface area contributed by atoms with Crippen LogP contribution in [0.3, 0.4) is 0 Å². The van der Waals surface area contributed by atoms with Crippen molar-refractivity contribution in [3.8, 4) is 0 Å². The number of carbonyl (C=O) groups is 2. The molecule has 1 aromatic rings. The Morgan fingerprint density at radius 3 is 2.62 bits per heavy atom. The monoisotopic (exact) mass is 313 g/mol. The largest absolute Gasteiger partial charge is 0.467 e. The summed E-state index contributed by atoms with van der Waals surface area (Å²) in [7, 11) is 1.29. The quantitative estimate of drug-likeness (QED) is 0.621. The molecule has 6 heteroatoms. The number of thioether (sulfide) groups is 1. The Kier molecular flexibility index (Phi) is 7.22. The molecule has 1 N–H and O–H groups in total. The smallest absolute Gasteiger partial charge is 0.328 e. The van der Waals surface area contributed by atoms with E-state index >= 15 is 0 Å². The molecule has 0 aliphatic heterocycles. The van der Waals surface area contributed by atoms with Crippen molar-refractivity contribution in [1.29, 1.82) is 0 Å². The molecule has 0 saturated carbocycles. The van der Waals surface area contributed by atoms with Crippen molar-refractivity contribution in [2.24, 2.45) is 5.92 Å². The number of benzene rings is 1. The molecule has 1 amide bonds. The fourth-order valence-corrected chi connectivity index (χ4v) is 2.47. The van der Waals surface area contributed by atoms with Crippen molar-refractivity contribution < 1.29 is 18.7 Å². The van der Waals surface area contributed by atoms with Gasteiger partial charge in [-0.05, 0) is 18.1 Å². The number of nitrogens with one attached hydrogen (secondary N) is 1. The fraction of sp³-hybridized carbons (Fsp3) is 0.467. The van der Waals surface area contributed by atoms with Gasteiger partial charge in [-0.25, -0.2) is 9.18 Å². The lowest BCUT2D eigenvalue weighted by Gasteiger charge is -2.21. The van der Waals surface area contributed by atoms with E-state index in [4.69, 9.17) is 4.74 Å². The van der Waals surface area contributed by atoms with E-state index in [1.54, 1.807) is 18.2 Å². The number of hydrogen-bond acceptors (Lipinski definition) is 4. The third kappa shape index (κ3) is 5.38. The van der Waals surface area contributed by atoms with Crippen LogP contribution in [0.4, 0.5) is 4.39 Å². The highest BCUT2D eigenvalue weighted by Gasteiger charge is 2.26. The molecule has 1 aromatic carbocycles. The first kappa shape index (κ1) is 17.5. The Bertz CT molecular complexity index is 496. The van der Waals surface area contributed by atoms with E-state index in [0.717, 1.165) is 18.2 Å². The predicted octanol–water partition coefficient (Wildman–Crippen LogP) is 2.62. The Hall–Kier alpha value is -1.56. The molecular weight excluding hydrogens is 293 g/mol. The number of ether oxygens (including phenoxy) is 1. The Morgan fingerprint density at radius 1 is 1.38 bits per heavy atom. The Labute approximate surface area is 128 Å². The minimum Gasteiger partial charge on any atom is -0.467 e. The summed E-state index contributed by atoms with van der Waals surface area (Å²) < 4.78 is 18.1. The molecule has 0 unspecified atom stereocenters. The average molecular weight is 313 g/mol. The van der Waals surface area contributed by atoms with Crippen molar-refractivity contribution in [3.05, 3.63) is 30.1 Å². The van der Waals surface area contributed by atoms with Gasteiger partial charge in [-0.3, -0.25) is 4.79 Å². The van der Waals surface area contributed by atoms with Gasteiger partial charge in [0.25, 0.3) is 0 Å². The molecule has 2 atom stereocenters. The number of esters is 1. The van der Waals surface area contributed by atoms with Gasteiger partial charge < -0.3 is 10.1 Å². The van der Waals surface area contributed by atoms with Gasteiger partial charge in [0.1, 0.15) is 11.9 Å². The highest BCUT2D eigenvalue weighted by molar-refractivity contribution is 8.00. The van der Waals surface area contributed by atoms with E-state index < -0.39 is 12.0 Å². The molecule has 0 spiro atoms. The lowest BCUT2D eigenvalue weighted by atomic mass is 9.99. The normalized spacial score (nSPS) is 13.3. The maximum atomic E-state index is 13.4.